The van der Waals surface area contributed by atoms with E-state index in [1.165, 1.54) is 0 Å². The molecule has 0 saturated carbocycles. The summed E-state index contributed by atoms with van der Waals surface area (Å²) < 4.78 is 11.2. The molecule has 20 heavy (non-hydrogen) atoms. The van der Waals surface area contributed by atoms with Gasteiger partial charge in [0.2, 0.25) is 0 Å². The predicted molar refractivity (Wildman–Crippen MR) is 79.2 cm³/mol. The number of rotatable bonds is 3. The molecule has 0 aliphatic carbocycles. The molecule has 2 N–H and O–H groups in total. The predicted octanol–water partition coefficient (Wildman–Crippen LogP) is 3.62. The number of hydrogen-bond acceptors (Lipinski definition) is 4. The summed E-state index contributed by atoms with van der Waals surface area (Å²) >= 11 is 0. The maximum atomic E-state index is 5.95. The van der Waals surface area contributed by atoms with Crippen LogP contribution >= 0.6 is 0 Å². The van der Waals surface area contributed by atoms with E-state index in [1.807, 2.05) is 48.5 Å². The van der Waals surface area contributed by atoms with Crippen LogP contribution in [0.1, 0.15) is 0 Å². The summed E-state index contributed by atoms with van der Waals surface area (Å²) in [5, 5.41) is 0.875. The first-order valence-electron chi connectivity index (χ1n) is 6.23. The Labute approximate surface area is 116 Å². The van der Waals surface area contributed by atoms with E-state index >= 15 is 0 Å². The maximum absolute atomic E-state index is 5.95. The Morgan fingerprint density at radius 2 is 1.70 bits per heavy atom. The lowest BCUT2D eigenvalue weighted by atomic mass is 10.1. The molecule has 0 amide bonds. The van der Waals surface area contributed by atoms with Crippen molar-refractivity contribution in [3.05, 3.63) is 54.7 Å². The molecule has 0 spiro atoms. The number of para-hydroxylation sites is 2. The number of aromatic nitrogens is 1. The summed E-state index contributed by atoms with van der Waals surface area (Å²) in [6.45, 7) is 0. The lowest BCUT2D eigenvalue weighted by Crippen LogP contribution is -1.94. The van der Waals surface area contributed by atoms with Crippen molar-refractivity contribution < 1.29 is 9.47 Å². The van der Waals surface area contributed by atoms with Crippen molar-refractivity contribution in [3.63, 3.8) is 0 Å². The average Bonchev–Trinajstić information content (AvgIpc) is 2.51. The molecule has 1 aromatic heterocycles. The number of fused-ring (bicyclic) bond motifs is 1. The van der Waals surface area contributed by atoms with Crippen LogP contribution in [0.3, 0.4) is 0 Å². The van der Waals surface area contributed by atoms with Crippen molar-refractivity contribution in [2.75, 3.05) is 12.8 Å². The van der Waals surface area contributed by atoms with Crippen LogP contribution in [0.2, 0.25) is 0 Å². The monoisotopic (exact) mass is 266 g/mol. The van der Waals surface area contributed by atoms with E-state index in [0.717, 1.165) is 10.9 Å². The van der Waals surface area contributed by atoms with Crippen LogP contribution < -0.4 is 15.2 Å². The zero-order chi connectivity index (χ0) is 13.9. The molecule has 4 nitrogen and oxygen atoms in total. The molecule has 100 valence electrons. The molecule has 0 bridgehead atoms. The minimum Gasteiger partial charge on any atom is -0.493 e. The highest BCUT2D eigenvalue weighted by molar-refractivity contribution is 5.94. The molecule has 0 aliphatic heterocycles. The lowest BCUT2D eigenvalue weighted by molar-refractivity contribution is 0.380. The van der Waals surface area contributed by atoms with Crippen LogP contribution in [0, 0.1) is 0 Å². The second kappa shape index (κ2) is 5.09. The lowest BCUT2D eigenvalue weighted by Gasteiger charge is -2.12. The van der Waals surface area contributed by atoms with Crippen LogP contribution in [0.4, 0.5) is 5.69 Å². The van der Waals surface area contributed by atoms with E-state index in [-0.39, 0.29) is 0 Å². The summed E-state index contributed by atoms with van der Waals surface area (Å²) in [5.74, 6) is 1.97. The fraction of sp³-hybridized carbons (Fsp3) is 0.0625. The number of nitrogens with two attached hydrogens (primary N) is 1. The number of nitrogens with zero attached hydrogens (tertiary/aromatic N) is 1. The molecule has 4 heteroatoms. The van der Waals surface area contributed by atoms with Gasteiger partial charge in [-0.2, -0.15) is 0 Å². The summed E-state index contributed by atoms with van der Waals surface area (Å²) in [6, 6.07) is 14.9. The summed E-state index contributed by atoms with van der Waals surface area (Å²) in [7, 11) is 1.61. The molecule has 2 aromatic carbocycles. The van der Waals surface area contributed by atoms with Gasteiger partial charge in [-0.3, -0.25) is 4.98 Å². The highest BCUT2D eigenvalue weighted by atomic mass is 16.5. The average molecular weight is 266 g/mol. The summed E-state index contributed by atoms with van der Waals surface area (Å²) in [4.78, 5) is 4.35. The van der Waals surface area contributed by atoms with Crippen molar-refractivity contribution in [2.45, 2.75) is 0 Å². The molecule has 0 saturated heterocycles. The number of methoxy groups -OCH3 is 1. The third kappa shape index (κ3) is 2.12. The zero-order valence-electron chi connectivity index (χ0n) is 11.0. The Balaban J connectivity index is 2.09. The first-order chi connectivity index (χ1) is 9.79. The number of pyridine rings is 1. The minimum atomic E-state index is 0.645. The topological polar surface area (TPSA) is 57.4 Å². The number of hydrogen-bond donors (Lipinski definition) is 1. The smallest absolute Gasteiger partial charge is 0.169 e. The third-order valence-electron chi connectivity index (χ3n) is 3.06. The number of anilines is 1. The van der Waals surface area contributed by atoms with Gasteiger partial charge in [-0.25, -0.2) is 0 Å². The Kier molecular flexibility index (Phi) is 3.13. The van der Waals surface area contributed by atoms with Gasteiger partial charge >= 0.3 is 0 Å². The van der Waals surface area contributed by atoms with Crippen molar-refractivity contribution in [3.8, 4) is 17.2 Å². The first kappa shape index (κ1) is 12.3. The van der Waals surface area contributed by atoms with E-state index in [4.69, 9.17) is 15.2 Å². The Morgan fingerprint density at radius 3 is 2.50 bits per heavy atom. The summed E-state index contributed by atoms with van der Waals surface area (Å²) in [5.41, 5.74) is 7.37. The van der Waals surface area contributed by atoms with E-state index < -0.39 is 0 Å². The molecule has 0 fully saturated rings. The van der Waals surface area contributed by atoms with Crippen LogP contribution in [-0.4, -0.2) is 12.1 Å². The van der Waals surface area contributed by atoms with E-state index in [2.05, 4.69) is 4.98 Å². The number of nitrogen functional groups attached to an aromatic ring is 1. The second-order valence-electron chi connectivity index (χ2n) is 4.31. The highest BCUT2D eigenvalue weighted by Gasteiger charge is 2.09. The Hall–Kier alpha value is -2.75. The first-order valence-corrected chi connectivity index (χ1v) is 6.23. The Bertz CT molecular complexity index is 756. The van der Waals surface area contributed by atoms with Gasteiger partial charge in [-0.15, -0.1) is 0 Å². The highest BCUT2D eigenvalue weighted by Crippen LogP contribution is 2.35. The van der Waals surface area contributed by atoms with Gasteiger partial charge in [0.05, 0.1) is 7.11 Å². The number of ether oxygens (including phenoxy) is 2. The van der Waals surface area contributed by atoms with E-state index in [0.29, 0.717) is 22.9 Å². The molecule has 3 rings (SSSR count). The van der Waals surface area contributed by atoms with Crippen molar-refractivity contribution >= 4 is 16.6 Å². The van der Waals surface area contributed by atoms with Gasteiger partial charge < -0.3 is 15.2 Å². The number of benzene rings is 2. The van der Waals surface area contributed by atoms with Crippen molar-refractivity contribution in [2.24, 2.45) is 0 Å². The van der Waals surface area contributed by atoms with Crippen LogP contribution in [0.25, 0.3) is 10.9 Å². The van der Waals surface area contributed by atoms with Gasteiger partial charge in [0, 0.05) is 17.3 Å². The van der Waals surface area contributed by atoms with Crippen LogP contribution in [0.5, 0.6) is 17.2 Å². The van der Waals surface area contributed by atoms with Gasteiger partial charge in [0.1, 0.15) is 5.52 Å². The third-order valence-corrected chi connectivity index (χ3v) is 3.06. The second-order valence-corrected chi connectivity index (χ2v) is 4.31. The van der Waals surface area contributed by atoms with Gasteiger partial charge in [-0.1, -0.05) is 12.1 Å². The standard InChI is InChI=1S/C16H14N2O2/c1-19-13-6-2-3-7-14(13)20-15-9-8-12(17)11-5-4-10-18-16(11)15/h2-10H,17H2,1H3. The van der Waals surface area contributed by atoms with Crippen molar-refractivity contribution in [1.82, 2.24) is 4.98 Å². The molecule has 0 radical (unpaired) electrons. The maximum Gasteiger partial charge on any atom is 0.169 e. The zero-order valence-corrected chi connectivity index (χ0v) is 11.0. The normalized spacial score (nSPS) is 10.4. The fourth-order valence-corrected chi connectivity index (χ4v) is 2.07. The van der Waals surface area contributed by atoms with Gasteiger partial charge in [0.15, 0.2) is 17.2 Å². The molecular weight excluding hydrogens is 252 g/mol. The summed E-state index contributed by atoms with van der Waals surface area (Å²) in [6.07, 6.45) is 1.72. The largest absolute Gasteiger partial charge is 0.493 e. The van der Waals surface area contributed by atoms with E-state index in [1.54, 1.807) is 13.3 Å². The molecule has 3 aromatic rings. The Morgan fingerprint density at radius 1 is 0.900 bits per heavy atom. The molecular formula is C16H14N2O2. The quantitative estimate of drug-likeness (QED) is 0.736. The van der Waals surface area contributed by atoms with E-state index in [9.17, 15) is 0 Å². The molecule has 0 aliphatic rings. The minimum absolute atomic E-state index is 0.645. The van der Waals surface area contributed by atoms with Gasteiger partial charge in [-0.05, 0) is 36.4 Å². The molecule has 0 unspecified atom stereocenters. The molecule has 1 heterocycles. The molecule has 0 atom stereocenters. The van der Waals surface area contributed by atoms with Gasteiger partial charge in [0.25, 0.3) is 0 Å². The fourth-order valence-electron chi connectivity index (χ4n) is 2.07. The van der Waals surface area contributed by atoms with Crippen LogP contribution in [0.15, 0.2) is 54.7 Å². The SMILES string of the molecule is COc1ccccc1Oc1ccc(N)c2cccnc12. The van der Waals surface area contributed by atoms with Crippen LogP contribution in [-0.2, 0) is 0 Å². The van der Waals surface area contributed by atoms with Crippen molar-refractivity contribution in [1.29, 1.82) is 0 Å².